The number of piperazine rings is 1. The van der Waals surface area contributed by atoms with Crippen LogP contribution in [0, 0.1) is 0 Å². The number of rotatable bonds is 7. The molecule has 2 fully saturated rings. The highest BCUT2D eigenvalue weighted by molar-refractivity contribution is 5.83. The van der Waals surface area contributed by atoms with E-state index in [0.717, 1.165) is 51.7 Å². The number of likely N-dealkylation sites (tertiary alicyclic amines) is 1. The number of benzene rings is 2. The molecule has 2 aliphatic rings. The molecule has 4 rings (SSSR count). The molecule has 0 radical (unpaired) electrons. The van der Waals surface area contributed by atoms with E-state index in [1.165, 1.54) is 11.1 Å². The molecule has 136 valence electrons. The Kier molecular flexibility index (Phi) is 5.35. The number of unbranched alkanes of at least 4 members (excludes halogenated alkanes) is 1. The van der Waals surface area contributed by atoms with E-state index in [0.29, 0.717) is 11.9 Å². The molecule has 2 atom stereocenters. The van der Waals surface area contributed by atoms with Gasteiger partial charge in [-0.1, -0.05) is 60.7 Å². The molecule has 0 N–H and O–H groups in total. The van der Waals surface area contributed by atoms with Crippen molar-refractivity contribution in [2.45, 2.75) is 50.7 Å². The van der Waals surface area contributed by atoms with Crippen LogP contribution in [0.2, 0.25) is 0 Å². The molecule has 0 aliphatic carbocycles. The maximum Gasteiger partial charge on any atom is 0.240 e. The van der Waals surface area contributed by atoms with Crippen molar-refractivity contribution in [2.24, 2.45) is 0 Å². The van der Waals surface area contributed by atoms with E-state index in [-0.39, 0.29) is 6.04 Å². The lowest BCUT2D eigenvalue weighted by atomic mass is 10.1. The van der Waals surface area contributed by atoms with Crippen molar-refractivity contribution < 1.29 is 4.79 Å². The summed E-state index contributed by atoms with van der Waals surface area (Å²) in [6, 6.07) is 21.8. The second-order valence-corrected chi connectivity index (χ2v) is 7.63. The largest absolute Gasteiger partial charge is 0.340 e. The summed E-state index contributed by atoms with van der Waals surface area (Å²) < 4.78 is 0. The Morgan fingerprint density at radius 3 is 2.27 bits per heavy atom. The van der Waals surface area contributed by atoms with E-state index in [4.69, 9.17) is 0 Å². The first-order valence-corrected chi connectivity index (χ1v) is 9.93. The number of fused-ring (bicyclic) bond motifs is 2. The smallest absolute Gasteiger partial charge is 0.240 e. The highest BCUT2D eigenvalue weighted by atomic mass is 16.2. The van der Waals surface area contributed by atoms with Crippen LogP contribution in [0.4, 0.5) is 0 Å². The van der Waals surface area contributed by atoms with Gasteiger partial charge in [0.2, 0.25) is 5.91 Å². The summed E-state index contributed by atoms with van der Waals surface area (Å²) in [6.07, 6.45) is 5.53. The molecule has 3 nitrogen and oxygen atoms in total. The van der Waals surface area contributed by atoms with E-state index in [1.807, 2.05) is 0 Å². The second-order valence-electron chi connectivity index (χ2n) is 7.63. The number of carbonyl (C=O) groups is 1. The van der Waals surface area contributed by atoms with Crippen molar-refractivity contribution in [3.05, 3.63) is 71.8 Å². The first kappa shape index (κ1) is 17.3. The number of amides is 1. The minimum Gasteiger partial charge on any atom is -0.340 e. The monoisotopic (exact) mass is 348 g/mol. The van der Waals surface area contributed by atoms with Crippen molar-refractivity contribution in [1.82, 2.24) is 9.80 Å². The molecule has 0 aromatic heterocycles. The molecule has 2 bridgehead atoms. The van der Waals surface area contributed by atoms with Crippen molar-refractivity contribution in [3.8, 4) is 0 Å². The molecule has 0 unspecified atom stereocenters. The molecule has 2 heterocycles. The zero-order valence-corrected chi connectivity index (χ0v) is 15.4. The quantitative estimate of drug-likeness (QED) is 0.709. The summed E-state index contributed by atoms with van der Waals surface area (Å²) in [5.41, 5.74) is 2.71. The molecular weight excluding hydrogens is 320 g/mol. The SMILES string of the molecule is O=C1[C@@H]2CC[C@H](CN1CCCCc1ccccc1)N2Cc1ccccc1. The number of hydrogen-bond acceptors (Lipinski definition) is 2. The second kappa shape index (κ2) is 8.05. The average molecular weight is 348 g/mol. The molecule has 2 aromatic carbocycles. The van der Waals surface area contributed by atoms with Crippen LogP contribution in [0.1, 0.15) is 36.8 Å². The normalized spacial score (nSPS) is 22.8. The van der Waals surface area contributed by atoms with Crippen LogP contribution in [-0.2, 0) is 17.8 Å². The van der Waals surface area contributed by atoms with E-state index in [2.05, 4.69) is 70.5 Å². The maximum atomic E-state index is 12.9. The van der Waals surface area contributed by atoms with Gasteiger partial charge in [-0.15, -0.1) is 0 Å². The van der Waals surface area contributed by atoms with Crippen molar-refractivity contribution in [3.63, 3.8) is 0 Å². The van der Waals surface area contributed by atoms with Crippen LogP contribution < -0.4 is 0 Å². The fraction of sp³-hybridized carbons (Fsp3) is 0.435. The van der Waals surface area contributed by atoms with Gasteiger partial charge in [-0.05, 0) is 43.2 Å². The minimum atomic E-state index is 0.100. The van der Waals surface area contributed by atoms with Gasteiger partial charge < -0.3 is 4.90 Å². The summed E-state index contributed by atoms with van der Waals surface area (Å²) >= 11 is 0. The van der Waals surface area contributed by atoms with Gasteiger partial charge in [0.15, 0.2) is 0 Å². The van der Waals surface area contributed by atoms with Crippen LogP contribution in [0.3, 0.4) is 0 Å². The van der Waals surface area contributed by atoms with Crippen molar-refractivity contribution in [2.75, 3.05) is 13.1 Å². The first-order valence-electron chi connectivity index (χ1n) is 9.93. The van der Waals surface area contributed by atoms with E-state index >= 15 is 0 Å². The molecule has 2 aromatic rings. The Hall–Kier alpha value is -2.13. The highest BCUT2D eigenvalue weighted by Crippen LogP contribution is 2.32. The third kappa shape index (κ3) is 3.83. The number of hydrogen-bond donors (Lipinski definition) is 0. The van der Waals surface area contributed by atoms with E-state index in [1.54, 1.807) is 0 Å². The average Bonchev–Trinajstić information content (AvgIpc) is 2.99. The van der Waals surface area contributed by atoms with Crippen LogP contribution in [0.25, 0.3) is 0 Å². The maximum absolute atomic E-state index is 12.9. The predicted molar refractivity (Wildman–Crippen MR) is 105 cm³/mol. The highest BCUT2D eigenvalue weighted by Gasteiger charge is 2.44. The lowest BCUT2D eigenvalue weighted by Crippen LogP contribution is -2.56. The third-order valence-electron chi connectivity index (χ3n) is 5.86. The Morgan fingerprint density at radius 1 is 0.846 bits per heavy atom. The van der Waals surface area contributed by atoms with Gasteiger partial charge in [-0.2, -0.15) is 0 Å². The zero-order chi connectivity index (χ0) is 17.8. The fourth-order valence-electron chi connectivity index (χ4n) is 4.46. The number of aryl methyl sites for hydroxylation is 1. The van der Waals surface area contributed by atoms with Crippen molar-refractivity contribution >= 4 is 5.91 Å². The van der Waals surface area contributed by atoms with Crippen LogP contribution in [0.5, 0.6) is 0 Å². The fourth-order valence-corrected chi connectivity index (χ4v) is 4.46. The van der Waals surface area contributed by atoms with E-state index in [9.17, 15) is 4.79 Å². The first-order chi connectivity index (χ1) is 12.8. The van der Waals surface area contributed by atoms with Crippen LogP contribution in [-0.4, -0.2) is 40.9 Å². The summed E-state index contributed by atoms with van der Waals surface area (Å²) in [4.78, 5) is 17.5. The Labute approximate surface area is 156 Å². The van der Waals surface area contributed by atoms with Gasteiger partial charge >= 0.3 is 0 Å². The van der Waals surface area contributed by atoms with Crippen LogP contribution in [0.15, 0.2) is 60.7 Å². The molecule has 0 spiro atoms. The van der Waals surface area contributed by atoms with Crippen LogP contribution >= 0.6 is 0 Å². The van der Waals surface area contributed by atoms with Gasteiger partial charge in [-0.25, -0.2) is 0 Å². The summed E-state index contributed by atoms with van der Waals surface area (Å²) in [7, 11) is 0. The molecular formula is C23H28N2O. The van der Waals surface area contributed by atoms with Gasteiger partial charge in [0.25, 0.3) is 0 Å². The van der Waals surface area contributed by atoms with Gasteiger partial charge in [0.05, 0.1) is 6.04 Å². The molecule has 26 heavy (non-hydrogen) atoms. The van der Waals surface area contributed by atoms with Gasteiger partial charge in [0, 0.05) is 25.7 Å². The van der Waals surface area contributed by atoms with Gasteiger partial charge in [-0.3, -0.25) is 9.69 Å². The minimum absolute atomic E-state index is 0.100. The molecule has 1 amide bonds. The third-order valence-corrected chi connectivity index (χ3v) is 5.86. The predicted octanol–water partition coefficient (Wildman–Crippen LogP) is 3.88. The Balaban J connectivity index is 1.29. The Morgan fingerprint density at radius 2 is 1.54 bits per heavy atom. The lowest BCUT2D eigenvalue weighted by Gasteiger charge is -2.40. The molecule has 2 saturated heterocycles. The van der Waals surface area contributed by atoms with Crippen molar-refractivity contribution in [1.29, 1.82) is 0 Å². The van der Waals surface area contributed by atoms with Gasteiger partial charge in [0.1, 0.15) is 0 Å². The topological polar surface area (TPSA) is 23.6 Å². The molecule has 2 aliphatic heterocycles. The van der Waals surface area contributed by atoms with E-state index < -0.39 is 0 Å². The summed E-state index contributed by atoms with van der Waals surface area (Å²) in [5.74, 6) is 0.356. The number of nitrogens with zero attached hydrogens (tertiary/aromatic N) is 2. The molecule has 0 saturated carbocycles. The zero-order valence-electron chi connectivity index (χ0n) is 15.4. The molecule has 3 heteroatoms. The Bertz CT molecular complexity index is 716. The summed E-state index contributed by atoms with van der Waals surface area (Å²) in [5, 5.41) is 0. The number of carbonyl (C=O) groups excluding carboxylic acids is 1. The standard InChI is InChI=1S/C23H28N2O/c26-23-22-15-14-21(25(22)17-20-12-5-2-6-13-20)18-24(23)16-8-7-11-19-9-3-1-4-10-19/h1-6,9-10,12-13,21-22H,7-8,11,14-18H2/t21-,22+/m1/s1. The summed E-state index contributed by atoms with van der Waals surface area (Å²) in [6.45, 7) is 2.73. The lowest BCUT2D eigenvalue weighted by molar-refractivity contribution is -0.142.